The zero-order valence-electron chi connectivity index (χ0n) is 11.5. The average molecular weight is 335 g/mol. The number of carbonyl (C=O) groups excluding carboxylic acids is 2. The summed E-state index contributed by atoms with van der Waals surface area (Å²) in [6.07, 6.45) is -2.99. The number of nitrogens with one attached hydrogen (secondary N) is 1. The lowest BCUT2D eigenvalue weighted by molar-refractivity contribution is -0.176. The van der Waals surface area contributed by atoms with Crippen LogP contribution in [-0.4, -0.2) is 33.5 Å². The normalized spacial score (nSPS) is 14.6. The average Bonchev–Trinajstić information content (AvgIpc) is 2.96. The summed E-state index contributed by atoms with van der Waals surface area (Å²) < 4.78 is 43.9. The monoisotopic (exact) mass is 335 g/mol. The number of halogens is 3. The lowest BCUT2D eigenvalue weighted by atomic mass is 10.1. The highest BCUT2D eigenvalue weighted by Gasteiger charge is 2.42. The standard InChI is InChI=1S/C12H12F3N3O3S/c1-6(21-7(2)19)9(17-11(20)12(13,14)15)10-16-5-8-18(10)3-4-22-8/h3-6,9H,1-2H3,(H,17,20)/t6-,9+/m0/s1. The zero-order chi connectivity index (χ0) is 16.5. The molecule has 2 heterocycles. The molecule has 6 nitrogen and oxygen atoms in total. The van der Waals surface area contributed by atoms with Crippen LogP contribution in [0.3, 0.4) is 0 Å². The van der Waals surface area contributed by atoms with Crippen LogP contribution in [0.2, 0.25) is 0 Å². The van der Waals surface area contributed by atoms with E-state index in [2.05, 4.69) is 4.98 Å². The summed E-state index contributed by atoms with van der Waals surface area (Å²) in [7, 11) is 0. The van der Waals surface area contributed by atoms with Crippen molar-refractivity contribution in [2.24, 2.45) is 0 Å². The van der Waals surface area contributed by atoms with E-state index in [-0.39, 0.29) is 5.82 Å². The van der Waals surface area contributed by atoms with Gasteiger partial charge in [0.15, 0.2) is 0 Å². The van der Waals surface area contributed by atoms with Gasteiger partial charge in [0, 0.05) is 18.5 Å². The molecule has 2 aromatic heterocycles. The molecule has 0 saturated heterocycles. The van der Waals surface area contributed by atoms with Gasteiger partial charge >= 0.3 is 18.1 Å². The van der Waals surface area contributed by atoms with Crippen LogP contribution < -0.4 is 5.32 Å². The van der Waals surface area contributed by atoms with E-state index >= 15 is 0 Å². The van der Waals surface area contributed by atoms with Crippen molar-refractivity contribution < 1.29 is 27.5 Å². The number of hydrogen-bond donors (Lipinski definition) is 1. The van der Waals surface area contributed by atoms with Crippen molar-refractivity contribution in [3.8, 4) is 0 Å². The van der Waals surface area contributed by atoms with Crippen LogP contribution in [0.25, 0.3) is 4.83 Å². The summed E-state index contributed by atoms with van der Waals surface area (Å²) in [6, 6.07) is -1.23. The molecule has 0 bridgehead atoms. The van der Waals surface area contributed by atoms with Crippen molar-refractivity contribution in [2.75, 3.05) is 0 Å². The van der Waals surface area contributed by atoms with E-state index in [1.165, 1.54) is 28.9 Å². The predicted molar refractivity (Wildman–Crippen MR) is 71.2 cm³/mol. The van der Waals surface area contributed by atoms with Gasteiger partial charge in [-0.2, -0.15) is 13.2 Å². The minimum absolute atomic E-state index is 0.155. The molecule has 0 unspecified atom stereocenters. The fourth-order valence-corrected chi connectivity index (χ4v) is 2.64. The molecule has 120 valence electrons. The number of amides is 1. The second-order valence-corrected chi connectivity index (χ2v) is 5.42. The van der Waals surface area contributed by atoms with Gasteiger partial charge in [0.25, 0.3) is 0 Å². The van der Waals surface area contributed by atoms with E-state index in [1.807, 2.05) is 5.32 Å². The van der Waals surface area contributed by atoms with Crippen molar-refractivity contribution >= 4 is 28.0 Å². The molecule has 0 aliphatic rings. The fraction of sp³-hybridized carbons (Fsp3) is 0.417. The van der Waals surface area contributed by atoms with E-state index in [4.69, 9.17) is 4.74 Å². The van der Waals surface area contributed by atoms with Crippen LogP contribution >= 0.6 is 11.3 Å². The Kier molecular flexibility index (Phi) is 4.40. The number of ether oxygens (including phenoxy) is 1. The largest absolute Gasteiger partial charge is 0.471 e. The quantitative estimate of drug-likeness (QED) is 0.868. The van der Waals surface area contributed by atoms with Crippen LogP contribution in [0.5, 0.6) is 0 Å². The van der Waals surface area contributed by atoms with E-state index in [1.54, 1.807) is 11.6 Å². The summed E-state index contributed by atoms with van der Waals surface area (Å²) in [5.41, 5.74) is 0. The summed E-state index contributed by atoms with van der Waals surface area (Å²) in [6.45, 7) is 2.51. The second-order valence-electron chi connectivity index (χ2n) is 4.49. The van der Waals surface area contributed by atoms with Crippen LogP contribution in [0, 0.1) is 0 Å². The predicted octanol–water partition coefficient (Wildman–Crippen LogP) is 2.07. The van der Waals surface area contributed by atoms with Gasteiger partial charge in [0.2, 0.25) is 0 Å². The number of imidazole rings is 1. The Bertz CT molecular complexity index is 694. The first-order valence-corrected chi connectivity index (χ1v) is 7.03. The van der Waals surface area contributed by atoms with Crippen LogP contribution in [0.15, 0.2) is 17.8 Å². The van der Waals surface area contributed by atoms with Gasteiger partial charge in [-0.3, -0.25) is 14.0 Å². The minimum Gasteiger partial charge on any atom is -0.460 e. The number of esters is 1. The molecule has 0 aromatic carbocycles. The SMILES string of the molecule is CC(=O)O[C@@H](C)[C@@H](NC(=O)C(F)(F)F)c1ncc2sccn12. The molecule has 0 spiro atoms. The molecule has 0 fully saturated rings. The molecule has 1 amide bonds. The minimum atomic E-state index is -5.04. The smallest absolute Gasteiger partial charge is 0.460 e. The van der Waals surface area contributed by atoms with Gasteiger partial charge in [0.1, 0.15) is 22.8 Å². The Morgan fingerprint density at radius 1 is 1.45 bits per heavy atom. The third-order valence-electron chi connectivity index (χ3n) is 2.83. The summed E-state index contributed by atoms with van der Waals surface area (Å²) in [5, 5.41) is 3.55. The molecule has 0 aliphatic heterocycles. The molecule has 22 heavy (non-hydrogen) atoms. The molecule has 0 radical (unpaired) electrons. The van der Waals surface area contributed by atoms with Crippen LogP contribution in [0.1, 0.15) is 25.7 Å². The molecular weight excluding hydrogens is 323 g/mol. The third-order valence-corrected chi connectivity index (χ3v) is 3.64. The molecule has 2 atom stereocenters. The van der Waals surface area contributed by atoms with Gasteiger partial charge in [-0.1, -0.05) is 0 Å². The van der Waals surface area contributed by atoms with Crippen LogP contribution in [-0.2, 0) is 14.3 Å². The van der Waals surface area contributed by atoms with E-state index in [0.29, 0.717) is 4.83 Å². The van der Waals surface area contributed by atoms with E-state index in [0.717, 1.165) is 6.92 Å². The van der Waals surface area contributed by atoms with Crippen molar-refractivity contribution in [1.29, 1.82) is 0 Å². The number of alkyl halides is 3. The lowest BCUT2D eigenvalue weighted by Gasteiger charge is -2.24. The third kappa shape index (κ3) is 3.38. The van der Waals surface area contributed by atoms with Gasteiger partial charge in [0.05, 0.1) is 6.20 Å². The fourth-order valence-electron chi connectivity index (χ4n) is 1.93. The number of aromatic nitrogens is 2. The number of thiazole rings is 1. The number of nitrogens with zero attached hydrogens (tertiary/aromatic N) is 2. The van der Waals surface area contributed by atoms with Crippen LogP contribution in [0.4, 0.5) is 13.2 Å². The molecule has 10 heteroatoms. The van der Waals surface area contributed by atoms with Gasteiger partial charge in [-0.15, -0.1) is 11.3 Å². The Morgan fingerprint density at radius 2 is 2.14 bits per heavy atom. The second kappa shape index (κ2) is 5.95. The summed E-state index contributed by atoms with van der Waals surface area (Å²) in [4.78, 5) is 27.0. The highest BCUT2D eigenvalue weighted by atomic mass is 32.1. The topological polar surface area (TPSA) is 72.7 Å². The Balaban J connectivity index is 2.35. The zero-order valence-corrected chi connectivity index (χ0v) is 12.4. The number of fused-ring (bicyclic) bond motifs is 1. The maximum Gasteiger partial charge on any atom is 0.471 e. The first kappa shape index (κ1) is 16.3. The first-order valence-electron chi connectivity index (χ1n) is 6.15. The van der Waals surface area contributed by atoms with E-state index in [9.17, 15) is 22.8 Å². The highest BCUT2D eigenvalue weighted by molar-refractivity contribution is 7.15. The molecule has 0 aliphatic carbocycles. The molecular formula is C12H12F3N3O3S. The highest BCUT2D eigenvalue weighted by Crippen LogP contribution is 2.24. The summed E-state index contributed by atoms with van der Waals surface area (Å²) >= 11 is 1.33. The Labute approximate surface area is 126 Å². The Hall–Kier alpha value is -2.10. The lowest BCUT2D eigenvalue weighted by Crippen LogP contribution is -2.44. The first-order chi connectivity index (χ1) is 10.2. The van der Waals surface area contributed by atoms with Gasteiger partial charge in [-0.05, 0) is 6.92 Å². The van der Waals surface area contributed by atoms with Crippen molar-refractivity contribution in [1.82, 2.24) is 14.7 Å². The summed E-state index contributed by atoms with van der Waals surface area (Å²) in [5.74, 6) is -2.64. The molecule has 0 saturated carbocycles. The number of hydrogen-bond acceptors (Lipinski definition) is 5. The maximum atomic E-state index is 12.5. The van der Waals surface area contributed by atoms with Crippen molar-refractivity contribution in [2.45, 2.75) is 32.2 Å². The van der Waals surface area contributed by atoms with Gasteiger partial charge < -0.3 is 10.1 Å². The van der Waals surface area contributed by atoms with E-state index < -0.39 is 30.2 Å². The number of carbonyl (C=O) groups is 2. The Morgan fingerprint density at radius 3 is 2.73 bits per heavy atom. The number of rotatable bonds is 4. The molecule has 1 N–H and O–H groups in total. The molecule has 2 aromatic rings. The maximum absolute atomic E-state index is 12.5. The van der Waals surface area contributed by atoms with Gasteiger partial charge in [-0.25, -0.2) is 4.98 Å². The van der Waals surface area contributed by atoms with Crippen molar-refractivity contribution in [3.05, 3.63) is 23.6 Å². The molecule has 2 rings (SSSR count). The van der Waals surface area contributed by atoms with Crippen molar-refractivity contribution in [3.63, 3.8) is 0 Å².